The topological polar surface area (TPSA) is 12.4 Å². The number of hydrogen-bond acceptors (Lipinski definition) is 2. The predicted molar refractivity (Wildman–Crippen MR) is 64.4 cm³/mol. The van der Waals surface area contributed by atoms with Crippen LogP contribution in [-0.4, -0.2) is 18.3 Å². The molecule has 0 heterocycles. The minimum absolute atomic E-state index is 1.14. The molecule has 0 bridgehead atoms. The van der Waals surface area contributed by atoms with Gasteiger partial charge in [0.1, 0.15) is 0 Å². The molecule has 0 radical (unpaired) electrons. The number of hydrogen-bond donors (Lipinski definition) is 0. The van der Waals surface area contributed by atoms with E-state index < -0.39 is 0 Å². The quantitative estimate of drug-likeness (QED) is 0.507. The van der Waals surface area contributed by atoms with Gasteiger partial charge in [-0.2, -0.15) is 0 Å². The highest BCUT2D eigenvalue weighted by Gasteiger charge is 2.12. The largest absolute Gasteiger partial charge is 0.281 e. The summed E-state index contributed by atoms with van der Waals surface area (Å²) in [5, 5.41) is 1.14. The molecule has 0 N–H and O–H groups in total. The van der Waals surface area contributed by atoms with Gasteiger partial charge in [-0.25, -0.2) is 0 Å². The molecule has 0 aromatic heterocycles. The summed E-state index contributed by atoms with van der Waals surface area (Å²) in [5.41, 5.74) is 4.34. The van der Waals surface area contributed by atoms with Crippen molar-refractivity contribution in [1.29, 1.82) is 0 Å². The number of aliphatic imine (C=N–C) groups is 1. The molecule has 14 heavy (non-hydrogen) atoms. The van der Waals surface area contributed by atoms with E-state index in [0.29, 0.717) is 0 Å². The minimum atomic E-state index is 1.14. The van der Waals surface area contributed by atoms with E-state index in [9.17, 15) is 0 Å². The third kappa shape index (κ3) is 1.71. The second-order valence-corrected chi connectivity index (χ2v) is 4.36. The van der Waals surface area contributed by atoms with Crippen LogP contribution in [0.15, 0.2) is 23.2 Å². The van der Waals surface area contributed by atoms with Crippen molar-refractivity contribution in [2.24, 2.45) is 4.99 Å². The summed E-state index contributed by atoms with van der Waals surface area (Å²) in [6, 6.07) is 6.77. The monoisotopic (exact) mass is 205 g/mol. The van der Waals surface area contributed by atoms with E-state index in [1.807, 2.05) is 7.05 Å². The average molecular weight is 205 g/mol. The van der Waals surface area contributed by atoms with Crippen LogP contribution in [-0.2, 0) is 12.8 Å². The molecule has 74 valence electrons. The summed E-state index contributed by atoms with van der Waals surface area (Å²) in [7, 11) is 1.86. The summed E-state index contributed by atoms with van der Waals surface area (Å²) in [6.45, 7) is 0. The highest BCUT2D eigenvalue weighted by atomic mass is 32.2. The van der Waals surface area contributed by atoms with Gasteiger partial charge in [0.2, 0.25) is 0 Å². The molecule has 2 rings (SSSR count). The van der Waals surface area contributed by atoms with Crippen molar-refractivity contribution in [2.75, 3.05) is 13.3 Å². The maximum absolute atomic E-state index is 4.28. The van der Waals surface area contributed by atoms with Crippen LogP contribution in [0.2, 0.25) is 0 Å². The van der Waals surface area contributed by atoms with Crippen LogP contribution in [0.4, 0.5) is 0 Å². The van der Waals surface area contributed by atoms with E-state index in [4.69, 9.17) is 0 Å². The van der Waals surface area contributed by atoms with Gasteiger partial charge in [0, 0.05) is 12.6 Å². The number of nitrogens with zero attached hydrogens (tertiary/aromatic N) is 1. The van der Waals surface area contributed by atoms with Crippen LogP contribution in [0, 0.1) is 0 Å². The smallest absolute Gasteiger partial charge is 0.0970 e. The average Bonchev–Trinajstić information content (AvgIpc) is 2.66. The van der Waals surface area contributed by atoms with Crippen LogP contribution < -0.4 is 0 Å². The summed E-state index contributed by atoms with van der Waals surface area (Å²) in [5.74, 6) is 0. The van der Waals surface area contributed by atoms with Crippen molar-refractivity contribution >= 4 is 16.8 Å². The predicted octanol–water partition coefficient (Wildman–Crippen LogP) is 2.91. The van der Waals surface area contributed by atoms with Gasteiger partial charge in [0.25, 0.3) is 0 Å². The molecule has 0 saturated carbocycles. The molecular formula is C12H15NS. The summed E-state index contributed by atoms with van der Waals surface area (Å²) in [6.07, 6.45) is 5.90. The van der Waals surface area contributed by atoms with Gasteiger partial charge >= 0.3 is 0 Å². The van der Waals surface area contributed by atoms with Crippen molar-refractivity contribution in [3.63, 3.8) is 0 Å². The van der Waals surface area contributed by atoms with Gasteiger partial charge in [-0.05, 0) is 42.7 Å². The zero-order valence-electron chi connectivity index (χ0n) is 8.71. The van der Waals surface area contributed by atoms with Crippen LogP contribution in [0.3, 0.4) is 0 Å². The van der Waals surface area contributed by atoms with E-state index in [-0.39, 0.29) is 0 Å². The van der Waals surface area contributed by atoms with Gasteiger partial charge in [0.15, 0.2) is 0 Å². The number of benzene rings is 1. The lowest BCUT2D eigenvalue weighted by Gasteiger charge is -2.05. The van der Waals surface area contributed by atoms with Crippen molar-refractivity contribution in [2.45, 2.75) is 19.3 Å². The van der Waals surface area contributed by atoms with Gasteiger partial charge < -0.3 is 0 Å². The van der Waals surface area contributed by atoms with E-state index in [0.717, 1.165) is 5.04 Å². The third-order valence-electron chi connectivity index (χ3n) is 2.74. The molecule has 0 aliphatic heterocycles. The zero-order valence-corrected chi connectivity index (χ0v) is 9.53. The third-order valence-corrected chi connectivity index (χ3v) is 3.55. The fourth-order valence-corrected chi connectivity index (χ4v) is 2.59. The molecule has 0 amide bonds. The summed E-state index contributed by atoms with van der Waals surface area (Å²) < 4.78 is 0. The first-order chi connectivity index (χ1) is 6.85. The van der Waals surface area contributed by atoms with Crippen molar-refractivity contribution in [3.05, 3.63) is 34.9 Å². The highest BCUT2D eigenvalue weighted by molar-refractivity contribution is 8.13. The van der Waals surface area contributed by atoms with Gasteiger partial charge in [0.05, 0.1) is 5.04 Å². The second-order valence-electron chi connectivity index (χ2n) is 3.57. The van der Waals surface area contributed by atoms with Crippen LogP contribution >= 0.6 is 11.8 Å². The van der Waals surface area contributed by atoms with Crippen molar-refractivity contribution < 1.29 is 0 Å². The van der Waals surface area contributed by atoms with E-state index in [1.165, 1.54) is 36.0 Å². The molecule has 0 unspecified atom stereocenters. The lowest BCUT2D eigenvalue weighted by molar-refractivity contribution is 0.912. The molecule has 0 saturated heterocycles. The highest BCUT2D eigenvalue weighted by Crippen LogP contribution is 2.24. The molecular weight excluding hydrogens is 190 g/mol. The Morgan fingerprint density at radius 2 is 2.07 bits per heavy atom. The Labute approximate surface area is 89.6 Å². The normalized spacial score (nSPS) is 15.7. The number of rotatable bonds is 1. The Morgan fingerprint density at radius 3 is 2.79 bits per heavy atom. The molecule has 1 aromatic rings. The number of aryl methyl sites for hydroxylation is 2. The van der Waals surface area contributed by atoms with Crippen LogP contribution in [0.5, 0.6) is 0 Å². The Hall–Kier alpha value is -0.760. The molecule has 2 heteroatoms. The zero-order chi connectivity index (χ0) is 9.97. The first-order valence-corrected chi connectivity index (χ1v) is 6.20. The summed E-state index contributed by atoms with van der Waals surface area (Å²) in [4.78, 5) is 4.28. The Morgan fingerprint density at radius 1 is 1.29 bits per heavy atom. The lowest BCUT2D eigenvalue weighted by atomic mass is 10.1. The fraction of sp³-hybridized carbons (Fsp3) is 0.417. The SMILES string of the molecule is CN=C(SC)c1ccc2c(c1)CCC2. The molecule has 1 aromatic carbocycles. The molecule has 1 aliphatic carbocycles. The van der Waals surface area contributed by atoms with Crippen molar-refractivity contribution in [1.82, 2.24) is 0 Å². The molecule has 0 spiro atoms. The van der Waals surface area contributed by atoms with Crippen LogP contribution in [0.1, 0.15) is 23.1 Å². The molecule has 0 atom stereocenters. The van der Waals surface area contributed by atoms with Gasteiger partial charge in [-0.3, -0.25) is 4.99 Å². The van der Waals surface area contributed by atoms with Crippen LogP contribution in [0.25, 0.3) is 0 Å². The molecule has 0 fully saturated rings. The first-order valence-electron chi connectivity index (χ1n) is 4.98. The Kier molecular flexibility index (Phi) is 2.92. The number of thioether (sulfide) groups is 1. The van der Waals surface area contributed by atoms with Gasteiger partial charge in [-0.1, -0.05) is 12.1 Å². The fourth-order valence-electron chi connectivity index (χ4n) is 2.04. The van der Waals surface area contributed by atoms with E-state index >= 15 is 0 Å². The Balaban J connectivity index is 2.37. The Bertz CT molecular complexity index is 369. The molecule has 1 aliphatic rings. The van der Waals surface area contributed by atoms with Crippen molar-refractivity contribution in [3.8, 4) is 0 Å². The maximum Gasteiger partial charge on any atom is 0.0970 e. The number of fused-ring (bicyclic) bond motifs is 1. The molecule has 1 nitrogen and oxygen atoms in total. The van der Waals surface area contributed by atoms with E-state index in [2.05, 4.69) is 29.4 Å². The second kappa shape index (κ2) is 4.18. The lowest BCUT2D eigenvalue weighted by Crippen LogP contribution is -1.96. The van der Waals surface area contributed by atoms with Gasteiger partial charge in [-0.15, -0.1) is 11.8 Å². The summed E-state index contributed by atoms with van der Waals surface area (Å²) >= 11 is 1.72. The van der Waals surface area contributed by atoms with E-state index in [1.54, 1.807) is 11.8 Å². The standard InChI is InChI=1S/C12H15NS/c1-13-12(14-2)11-7-6-9-4-3-5-10(9)8-11/h6-8H,3-5H2,1-2H3. The maximum atomic E-state index is 4.28. The minimum Gasteiger partial charge on any atom is -0.281 e. The first kappa shape index (κ1) is 9.78.